The molecule has 0 amide bonds. The zero-order valence-corrected chi connectivity index (χ0v) is 33.6. The van der Waals surface area contributed by atoms with Crippen molar-refractivity contribution in [3.63, 3.8) is 0 Å². The standard InChI is InChI=1S/C57H40N2O2/c1-37-14-12-19-43(34-37)59(52-24-13-23-48-46-21-10-11-25-53(46)60-56(48)52)44-31-33-50-54(36-44)61-57-49-32-28-39(35-51(49)45-20-8-9-22-47(45)55(50)57)38-26-29-42(30-27-38)58(40-15-4-2-5-16-40)41-17-6-3-7-18-41/h2-33,35-37H,34H2,1H3. The van der Waals surface area contributed by atoms with Crippen LogP contribution in [0.5, 0.6) is 0 Å². The van der Waals surface area contributed by atoms with E-state index in [0.29, 0.717) is 5.92 Å². The lowest BCUT2D eigenvalue weighted by molar-refractivity contribution is 0.664. The van der Waals surface area contributed by atoms with E-state index in [2.05, 4.69) is 217 Å². The first-order valence-corrected chi connectivity index (χ1v) is 21.1. The van der Waals surface area contributed by atoms with Crippen molar-refractivity contribution in [2.24, 2.45) is 5.92 Å². The molecule has 1 aliphatic rings. The zero-order chi connectivity index (χ0) is 40.4. The van der Waals surface area contributed by atoms with E-state index in [1.807, 2.05) is 6.07 Å². The summed E-state index contributed by atoms with van der Waals surface area (Å²) < 4.78 is 13.6. The summed E-state index contributed by atoms with van der Waals surface area (Å²) in [7, 11) is 0. The average Bonchev–Trinajstić information content (AvgIpc) is 3.90. The third kappa shape index (κ3) is 5.83. The number of nitrogens with zero attached hydrogens (tertiary/aromatic N) is 2. The molecular weight excluding hydrogens is 745 g/mol. The smallest absolute Gasteiger partial charge is 0.159 e. The molecule has 2 aromatic heterocycles. The van der Waals surface area contributed by atoms with Crippen LogP contribution in [0.4, 0.5) is 28.4 Å². The van der Waals surface area contributed by atoms with E-state index in [-0.39, 0.29) is 0 Å². The Morgan fingerprint density at radius 3 is 1.80 bits per heavy atom. The maximum atomic E-state index is 7.03. The number of allylic oxidation sites excluding steroid dienone is 4. The van der Waals surface area contributed by atoms with E-state index in [1.165, 1.54) is 21.9 Å². The van der Waals surface area contributed by atoms with Gasteiger partial charge < -0.3 is 18.6 Å². The van der Waals surface area contributed by atoms with Crippen LogP contribution < -0.4 is 9.80 Å². The van der Waals surface area contributed by atoms with Crippen LogP contribution in [0, 0.1) is 5.92 Å². The number of furan rings is 2. The lowest BCUT2D eigenvalue weighted by atomic mass is 9.94. The van der Waals surface area contributed by atoms with E-state index in [9.17, 15) is 0 Å². The van der Waals surface area contributed by atoms with Gasteiger partial charge in [-0.15, -0.1) is 0 Å². The molecule has 12 rings (SSSR count). The summed E-state index contributed by atoms with van der Waals surface area (Å²) >= 11 is 0. The number of hydrogen-bond donors (Lipinski definition) is 0. The third-order valence-corrected chi connectivity index (χ3v) is 12.3. The molecule has 4 nitrogen and oxygen atoms in total. The highest BCUT2D eigenvalue weighted by Crippen LogP contribution is 2.46. The molecule has 0 saturated carbocycles. The molecule has 0 aliphatic heterocycles. The summed E-state index contributed by atoms with van der Waals surface area (Å²) in [5, 5.41) is 9.14. The lowest BCUT2D eigenvalue weighted by Crippen LogP contribution is -2.19. The summed E-state index contributed by atoms with van der Waals surface area (Å²) in [6.07, 6.45) is 7.59. The minimum absolute atomic E-state index is 0.408. The zero-order valence-electron chi connectivity index (χ0n) is 33.6. The normalized spacial score (nSPS) is 14.1. The molecule has 4 heteroatoms. The number of para-hydroxylation sites is 4. The number of anilines is 5. The number of fused-ring (bicyclic) bond motifs is 11. The molecule has 9 aromatic carbocycles. The van der Waals surface area contributed by atoms with Crippen LogP contribution in [0.3, 0.4) is 0 Å². The molecule has 1 atom stereocenters. The molecular formula is C57H40N2O2. The van der Waals surface area contributed by atoms with E-state index >= 15 is 0 Å². The van der Waals surface area contributed by atoms with Gasteiger partial charge in [0, 0.05) is 61.4 Å². The fourth-order valence-corrected chi connectivity index (χ4v) is 9.52. The highest BCUT2D eigenvalue weighted by atomic mass is 16.3. The van der Waals surface area contributed by atoms with Crippen LogP contribution in [0.15, 0.2) is 221 Å². The van der Waals surface area contributed by atoms with E-state index in [1.54, 1.807) is 0 Å². The maximum Gasteiger partial charge on any atom is 0.159 e. The number of rotatable bonds is 7. The molecule has 0 fully saturated rings. The van der Waals surface area contributed by atoms with E-state index < -0.39 is 0 Å². The van der Waals surface area contributed by atoms with Gasteiger partial charge in [-0.2, -0.15) is 0 Å². The molecule has 2 heterocycles. The molecule has 1 unspecified atom stereocenters. The Kier molecular flexibility index (Phi) is 8.17. The Morgan fingerprint density at radius 2 is 1.03 bits per heavy atom. The first kappa shape index (κ1) is 35.2. The molecule has 0 spiro atoms. The topological polar surface area (TPSA) is 32.8 Å². The van der Waals surface area contributed by atoms with Gasteiger partial charge in [0.05, 0.1) is 5.69 Å². The molecule has 1 aliphatic carbocycles. The van der Waals surface area contributed by atoms with E-state index in [0.717, 1.165) is 95.2 Å². The van der Waals surface area contributed by atoms with Gasteiger partial charge in [0.2, 0.25) is 0 Å². The van der Waals surface area contributed by atoms with Crippen LogP contribution in [-0.4, -0.2) is 0 Å². The van der Waals surface area contributed by atoms with Crippen molar-refractivity contribution in [1.82, 2.24) is 0 Å². The quantitative estimate of drug-likeness (QED) is 0.151. The van der Waals surface area contributed by atoms with Crippen molar-refractivity contribution in [3.8, 4) is 11.1 Å². The molecule has 61 heavy (non-hydrogen) atoms. The first-order valence-electron chi connectivity index (χ1n) is 21.1. The summed E-state index contributed by atoms with van der Waals surface area (Å²) in [5.74, 6) is 0.408. The second-order valence-corrected chi connectivity index (χ2v) is 16.2. The maximum absolute atomic E-state index is 7.03. The molecule has 0 radical (unpaired) electrons. The van der Waals surface area contributed by atoms with Gasteiger partial charge in [-0.3, -0.25) is 0 Å². The highest BCUT2D eigenvalue weighted by Gasteiger charge is 2.24. The first-order chi connectivity index (χ1) is 30.2. The van der Waals surface area contributed by atoms with Gasteiger partial charge >= 0.3 is 0 Å². The van der Waals surface area contributed by atoms with E-state index in [4.69, 9.17) is 8.83 Å². The van der Waals surface area contributed by atoms with Gasteiger partial charge in [-0.05, 0) is 118 Å². The van der Waals surface area contributed by atoms with Gasteiger partial charge in [0.1, 0.15) is 16.7 Å². The van der Waals surface area contributed by atoms with Crippen molar-refractivity contribution in [1.29, 1.82) is 0 Å². The largest absolute Gasteiger partial charge is 0.455 e. The van der Waals surface area contributed by atoms with Crippen LogP contribution in [-0.2, 0) is 0 Å². The minimum Gasteiger partial charge on any atom is -0.455 e. The van der Waals surface area contributed by atoms with Crippen molar-refractivity contribution in [2.75, 3.05) is 9.80 Å². The minimum atomic E-state index is 0.408. The molecule has 290 valence electrons. The van der Waals surface area contributed by atoms with Crippen molar-refractivity contribution >= 4 is 93.9 Å². The summed E-state index contributed by atoms with van der Waals surface area (Å²) in [5.41, 5.74) is 12.5. The SMILES string of the molecule is CC1C=CC=C(N(c2ccc3c(c2)oc2c4ccc(-c5ccc(N(c6ccccc6)c6ccccc6)cc5)cc4c4ccccc4c32)c2cccc3c2oc2ccccc23)C1. The Morgan fingerprint density at radius 1 is 0.426 bits per heavy atom. The second-order valence-electron chi connectivity index (χ2n) is 16.2. The monoisotopic (exact) mass is 784 g/mol. The average molecular weight is 785 g/mol. The molecule has 0 saturated heterocycles. The molecule has 0 N–H and O–H groups in total. The predicted molar refractivity (Wildman–Crippen MR) is 256 cm³/mol. The van der Waals surface area contributed by atoms with Gasteiger partial charge in [-0.1, -0.05) is 128 Å². The van der Waals surface area contributed by atoms with Crippen molar-refractivity contribution < 1.29 is 8.83 Å². The third-order valence-electron chi connectivity index (χ3n) is 12.3. The van der Waals surface area contributed by atoms with Gasteiger partial charge in [0.15, 0.2) is 5.58 Å². The lowest BCUT2D eigenvalue weighted by Gasteiger charge is -2.30. The van der Waals surface area contributed by atoms with Crippen LogP contribution >= 0.6 is 0 Å². The van der Waals surface area contributed by atoms with Crippen LogP contribution in [0.1, 0.15) is 13.3 Å². The number of benzene rings is 9. The summed E-state index contributed by atoms with van der Waals surface area (Å²) in [4.78, 5) is 4.66. The summed E-state index contributed by atoms with van der Waals surface area (Å²) in [6.45, 7) is 2.27. The number of hydrogen-bond acceptors (Lipinski definition) is 4. The Bertz CT molecular complexity index is 3480. The van der Waals surface area contributed by atoms with Crippen LogP contribution in [0.25, 0.3) is 76.5 Å². The van der Waals surface area contributed by atoms with Gasteiger partial charge in [0.25, 0.3) is 0 Å². The fourth-order valence-electron chi connectivity index (χ4n) is 9.52. The predicted octanol–water partition coefficient (Wildman–Crippen LogP) is 16.5. The molecule has 0 bridgehead atoms. The van der Waals surface area contributed by atoms with Crippen LogP contribution in [0.2, 0.25) is 0 Å². The Balaban J connectivity index is 0.990. The molecule has 11 aromatic rings. The highest BCUT2D eigenvalue weighted by molar-refractivity contribution is 6.30. The van der Waals surface area contributed by atoms with Gasteiger partial charge in [-0.25, -0.2) is 0 Å². The van der Waals surface area contributed by atoms with Crippen molar-refractivity contribution in [2.45, 2.75) is 13.3 Å². The fraction of sp³-hybridized carbons (Fsp3) is 0.0526. The second kappa shape index (κ2) is 14.2. The van der Waals surface area contributed by atoms with Crippen molar-refractivity contribution in [3.05, 3.63) is 212 Å². The Labute approximate surface area is 353 Å². The summed E-state index contributed by atoms with van der Waals surface area (Å²) in [6, 6.07) is 67.0. The Hall–Kier alpha value is -7.82.